The number of nitrogens with one attached hydrogen (secondary N) is 1. The van der Waals surface area contributed by atoms with E-state index in [1.54, 1.807) is 0 Å². The van der Waals surface area contributed by atoms with Gasteiger partial charge in [0, 0.05) is 25.2 Å². The summed E-state index contributed by atoms with van der Waals surface area (Å²) in [4.78, 5) is 16.3. The molecule has 2 saturated carbocycles. The molecule has 0 aromatic rings. The Labute approximate surface area is 117 Å². The van der Waals surface area contributed by atoms with Gasteiger partial charge in [-0.15, -0.1) is 0 Å². The van der Waals surface area contributed by atoms with Gasteiger partial charge in [-0.2, -0.15) is 0 Å². The van der Waals surface area contributed by atoms with E-state index < -0.39 is 0 Å². The van der Waals surface area contributed by atoms with Gasteiger partial charge in [-0.1, -0.05) is 6.92 Å². The van der Waals surface area contributed by atoms with Crippen molar-refractivity contribution in [1.29, 1.82) is 0 Å². The zero-order chi connectivity index (χ0) is 13.8. The lowest BCUT2D eigenvalue weighted by Crippen LogP contribution is -2.45. The average molecular weight is 267 g/mol. The Hall–Kier alpha value is -0.610. The van der Waals surface area contributed by atoms with E-state index in [9.17, 15) is 4.79 Å². The van der Waals surface area contributed by atoms with Crippen molar-refractivity contribution in [3.63, 3.8) is 0 Å². The molecule has 0 spiro atoms. The van der Waals surface area contributed by atoms with E-state index in [4.69, 9.17) is 0 Å². The number of amides is 1. The van der Waals surface area contributed by atoms with E-state index >= 15 is 0 Å². The number of nitrogens with zero attached hydrogens (tertiary/aromatic N) is 2. The predicted molar refractivity (Wildman–Crippen MR) is 78.1 cm³/mol. The van der Waals surface area contributed by atoms with Crippen LogP contribution in [0.2, 0.25) is 0 Å². The van der Waals surface area contributed by atoms with Crippen molar-refractivity contribution in [3.8, 4) is 0 Å². The highest BCUT2D eigenvalue weighted by molar-refractivity contribution is 5.78. The van der Waals surface area contributed by atoms with Crippen LogP contribution in [0.3, 0.4) is 0 Å². The lowest BCUT2D eigenvalue weighted by Gasteiger charge is -2.35. The van der Waals surface area contributed by atoms with Gasteiger partial charge in [-0.3, -0.25) is 9.69 Å². The molecule has 110 valence electrons. The molecule has 0 radical (unpaired) electrons. The molecule has 2 aliphatic rings. The smallest absolute Gasteiger partial charge is 0.236 e. The van der Waals surface area contributed by atoms with Crippen molar-refractivity contribution >= 4 is 5.91 Å². The minimum atomic E-state index is 0.291. The van der Waals surface area contributed by atoms with Crippen molar-refractivity contribution in [1.82, 2.24) is 15.1 Å². The molecule has 2 rings (SSSR count). The first-order valence-corrected chi connectivity index (χ1v) is 7.81. The maximum Gasteiger partial charge on any atom is 0.236 e. The first-order chi connectivity index (χ1) is 9.11. The molecule has 0 aliphatic heterocycles. The van der Waals surface area contributed by atoms with E-state index in [0.29, 0.717) is 30.6 Å². The minimum Gasteiger partial charge on any atom is -0.342 e. The quantitative estimate of drug-likeness (QED) is 0.791. The summed E-state index contributed by atoms with van der Waals surface area (Å²) in [5.74, 6) is 0.291. The van der Waals surface area contributed by atoms with Crippen LogP contribution in [0.15, 0.2) is 0 Å². The fourth-order valence-corrected chi connectivity index (χ4v) is 3.13. The maximum atomic E-state index is 12.1. The molecule has 4 nitrogen and oxygen atoms in total. The van der Waals surface area contributed by atoms with E-state index in [1.165, 1.54) is 38.5 Å². The summed E-state index contributed by atoms with van der Waals surface area (Å²) in [6.45, 7) is 3.82. The summed E-state index contributed by atoms with van der Waals surface area (Å²) in [6.07, 6.45) is 7.31. The highest BCUT2D eigenvalue weighted by atomic mass is 16.2. The van der Waals surface area contributed by atoms with Gasteiger partial charge in [0.2, 0.25) is 5.91 Å². The molecule has 0 atom stereocenters. The van der Waals surface area contributed by atoms with Crippen molar-refractivity contribution < 1.29 is 4.79 Å². The summed E-state index contributed by atoms with van der Waals surface area (Å²) >= 11 is 0. The summed E-state index contributed by atoms with van der Waals surface area (Å²) in [7, 11) is 4.06. The minimum absolute atomic E-state index is 0.291. The average Bonchev–Trinajstić information content (AvgIpc) is 3.23. The second kappa shape index (κ2) is 6.71. The van der Waals surface area contributed by atoms with Gasteiger partial charge in [0.1, 0.15) is 0 Å². The summed E-state index contributed by atoms with van der Waals surface area (Å²) < 4.78 is 0. The molecule has 19 heavy (non-hydrogen) atoms. The Balaban J connectivity index is 1.71. The van der Waals surface area contributed by atoms with Gasteiger partial charge in [-0.25, -0.2) is 0 Å². The highest BCUT2D eigenvalue weighted by Gasteiger charge is 2.31. The number of hydrogen-bond donors (Lipinski definition) is 1. The van der Waals surface area contributed by atoms with Crippen molar-refractivity contribution in [3.05, 3.63) is 0 Å². The Kier molecular flexibility index (Phi) is 5.22. The number of carbonyl (C=O) groups excluding carboxylic acids is 1. The van der Waals surface area contributed by atoms with Crippen LogP contribution >= 0.6 is 0 Å². The lowest BCUT2D eigenvalue weighted by atomic mass is 9.90. The molecular formula is C15H29N3O. The van der Waals surface area contributed by atoms with E-state index in [2.05, 4.69) is 24.2 Å². The molecule has 0 saturated heterocycles. The summed E-state index contributed by atoms with van der Waals surface area (Å²) in [5, 5.41) is 3.53. The van der Waals surface area contributed by atoms with Crippen molar-refractivity contribution in [2.24, 2.45) is 0 Å². The van der Waals surface area contributed by atoms with Crippen molar-refractivity contribution in [2.75, 3.05) is 27.2 Å². The monoisotopic (exact) mass is 267 g/mol. The molecule has 2 fully saturated rings. The van der Waals surface area contributed by atoms with Gasteiger partial charge in [0.15, 0.2) is 0 Å². The third-order valence-corrected chi connectivity index (χ3v) is 4.69. The third-order valence-electron chi connectivity index (χ3n) is 4.69. The van der Waals surface area contributed by atoms with Crippen LogP contribution in [-0.2, 0) is 4.79 Å². The molecule has 0 aromatic carbocycles. The largest absolute Gasteiger partial charge is 0.342 e. The molecule has 1 amide bonds. The van der Waals surface area contributed by atoms with E-state index in [1.807, 2.05) is 11.9 Å². The molecule has 4 heteroatoms. The topological polar surface area (TPSA) is 35.6 Å². The molecule has 2 aliphatic carbocycles. The molecule has 1 N–H and O–H groups in total. The SMILES string of the molecule is CCNC1CCC(N(C)CC(=O)N(C)C2CC2)CC1. The highest BCUT2D eigenvalue weighted by Crippen LogP contribution is 2.26. The van der Waals surface area contributed by atoms with Crippen LogP contribution in [0.4, 0.5) is 0 Å². The standard InChI is InChI=1S/C15H29N3O/c1-4-16-12-5-7-13(8-6-12)17(2)11-15(19)18(3)14-9-10-14/h12-14,16H,4-11H2,1-3H3. The Bertz CT molecular complexity index is 296. The Morgan fingerprint density at radius 2 is 1.63 bits per heavy atom. The summed E-state index contributed by atoms with van der Waals surface area (Å²) in [6, 6.07) is 1.82. The normalized spacial score (nSPS) is 27.6. The Morgan fingerprint density at radius 3 is 2.16 bits per heavy atom. The fraction of sp³-hybridized carbons (Fsp3) is 0.933. The second-order valence-corrected chi connectivity index (χ2v) is 6.21. The molecule has 0 heterocycles. The van der Waals surface area contributed by atoms with Crippen LogP contribution in [0.1, 0.15) is 45.4 Å². The zero-order valence-corrected chi connectivity index (χ0v) is 12.7. The van der Waals surface area contributed by atoms with Crippen molar-refractivity contribution in [2.45, 2.75) is 63.6 Å². The number of hydrogen-bond acceptors (Lipinski definition) is 3. The van der Waals surface area contributed by atoms with Gasteiger partial charge in [0.05, 0.1) is 6.54 Å². The molecule has 0 bridgehead atoms. The number of carbonyl (C=O) groups is 1. The number of rotatable bonds is 6. The van der Waals surface area contributed by atoms with E-state index in [-0.39, 0.29) is 0 Å². The first kappa shape index (κ1) is 14.8. The van der Waals surface area contributed by atoms with E-state index in [0.717, 1.165) is 6.54 Å². The Morgan fingerprint density at radius 1 is 1.05 bits per heavy atom. The number of likely N-dealkylation sites (N-methyl/N-ethyl adjacent to an activating group) is 2. The maximum absolute atomic E-state index is 12.1. The molecular weight excluding hydrogens is 238 g/mol. The third kappa shape index (κ3) is 4.18. The molecule has 0 unspecified atom stereocenters. The van der Waals surface area contributed by atoms with Gasteiger partial charge < -0.3 is 10.2 Å². The molecule has 0 aromatic heterocycles. The summed E-state index contributed by atoms with van der Waals surface area (Å²) in [5.41, 5.74) is 0. The zero-order valence-electron chi connectivity index (χ0n) is 12.7. The van der Waals surface area contributed by atoms with Crippen LogP contribution in [0.25, 0.3) is 0 Å². The predicted octanol–water partition coefficient (Wildman–Crippen LogP) is 1.46. The van der Waals surface area contributed by atoms with Crippen LogP contribution in [0, 0.1) is 0 Å². The van der Waals surface area contributed by atoms with Crippen LogP contribution in [-0.4, -0.2) is 61.0 Å². The van der Waals surface area contributed by atoms with Gasteiger partial charge >= 0.3 is 0 Å². The second-order valence-electron chi connectivity index (χ2n) is 6.21. The van der Waals surface area contributed by atoms with Gasteiger partial charge in [0.25, 0.3) is 0 Å². The fourth-order valence-electron chi connectivity index (χ4n) is 3.13. The first-order valence-electron chi connectivity index (χ1n) is 7.81. The lowest BCUT2D eigenvalue weighted by molar-refractivity contribution is -0.132. The van der Waals surface area contributed by atoms with Crippen LogP contribution in [0.5, 0.6) is 0 Å². The van der Waals surface area contributed by atoms with Gasteiger partial charge in [-0.05, 0) is 52.1 Å². The van der Waals surface area contributed by atoms with Crippen LogP contribution < -0.4 is 5.32 Å².